The monoisotopic (exact) mass is 258 g/mol. The summed E-state index contributed by atoms with van der Waals surface area (Å²) in [7, 11) is 0. The molecule has 5 heteroatoms. The van der Waals surface area contributed by atoms with Gasteiger partial charge in [0.2, 0.25) is 5.91 Å². The molecule has 0 aromatic rings. The molecule has 1 atom stereocenters. The van der Waals surface area contributed by atoms with Gasteiger partial charge in [0.25, 0.3) is 0 Å². The van der Waals surface area contributed by atoms with Crippen LogP contribution in [0.25, 0.3) is 0 Å². The van der Waals surface area contributed by atoms with Crippen molar-refractivity contribution in [3.63, 3.8) is 0 Å². The Morgan fingerprint density at radius 2 is 2.28 bits per heavy atom. The third-order valence-electron chi connectivity index (χ3n) is 3.02. The Hall–Kier alpha value is -0.650. The van der Waals surface area contributed by atoms with Crippen molar-refractivity contribution in [3.05, 3.63) is 0 Å². The third-order valence-corrected chi connectivity index (χ3v) is 3.02. The highest BCUT2D eigenvalue weighted by molar-refractivity contribution is 5.82. The minimum absolute atomic E-state index is 0.0166. The van der Waals surface area contributed by atoms with E-state index in [1.807, 2.05) is 4.90 Å². The van der Waals surface area contributed by atoms with Crippen LogP contribution in [-0.4, -0.2) is 60.9 Å². The molecule has 0 bridgehead atoms. The lowest BCUT2D eigenvalue weighted by Gasteiger charge is -2.33. The van der Waals surface area contributed by atoms with E-state index in [4.69, 9.17) is 9.84 Å². The lowest BCUT2D eigenvalue weighted by molar-refractivity contribution is -0.136. The summed E-state index contributed by atoms with van der Waals surface area (Å²) in [5, 5.41) is 11.9. The summed E-state index contributed by atoms with van der Waals surface area (Å²) in [4.78, 5) is 14.1. The van der Waals surface area contributed by atoms with Crippen LogP contribution in [0.5, 0.6) is 0 Å². The molecule has 1 rings (SSSR count). The van der Waals surface area contributed by atoms with Crippen LogP contribution in [0.4, 0.5) is 0 Å². The Bertz CT molecular complexity index is 246. The molecular formula is C13H26N2O3. The number of hydrogen-bond acceptors (Lipinski definition) is 4. The highest BCUT2D eigenvalue weighted by Crippen LogP contribution is 2.12. The molecule has 106 valence electrons. The van der Waals surface area contributed by atoms with Crippen LogP contribution in [0.2, 0.25) is 0 Å². The van der Waals surface area contributed by atoms with Gasteiger partial charge >= 0.3 is 0 Å². The van der Waals surface area contributed by atoms with Crippen LogP contribution in [0.15, 0.2) is 0 Å². The van der Waals surface area contributed by atoms with Gasteiger partial charge in [-0.3, -0.25) is 4.79 Å². The van der Waals surface area contributed by atoms with Gasteiger partial charge in [0.05, 0.1) is 19.3 Å². The molecule has 1 aliphatic rings. The molecule has 1 fully saturated rings. The maximum Gasteiger partial charge on any atom is 0.239 e. The molecular weight excluding hydrogens is 232 g/mol. The summed E-state index contributed by atoms with van der Waals surface area (Å²) < 4.78 is 5.20. The first-order valence-corrected chi connectivity index (χ1v) is 6.88. The lowest BCUT2D eigenvalue weighted by atomic mass is 10.0. The number of ether oxygens (including phenoxy) is 1. The molecule has 1 unspecified atom stereocenters. The number of aliphatic hydroxyl groups excluding tert-OH is 1. The quantitative estimate of drug-likeness (QED) is 0.618. The largest absolute Gasteiger partial charge is 0.394 e. The zero-order valence-electron chi connectivity index (χ0n) is 11.5. The molecule has 0 aromatic heterocycles. The second-order valence-corrected chi connectivity index (χ2v) is 5.03. The van der Waals surface area contributed by atoms with Crippen molar-refractivity contribution in [1.29, 1.82) is 0 Å². The van der Waals surface area contributed by atoms with Crippen LogP contribution in [0, 0.1) is 0 Å². The van der Waals surface area contributed by atoms with E-state index < -0.39 is 0 Å². The number of aliphatic hydroxyl groups is 1. The summed E-state index contributed by atoms with van der Waals surface area (Å²) >= 11 is 0. The van der Waals surface area contributed by atoms with Crippen LogP contribution >= 0.6 is 0 Å². The van der Waals surface area contributed by atoms with Gasteiger partial charge in [-0.05, 0) is 19.3 Å². The van der Waals surface area contributed by atoms with Gasteiger partial charge in [-0.15, -0.1) is 0 Å². The SMILES string of the molecule is CC(C)NC1CCCN(CCCOCCO)C1=O. The number of amides is 1. The van der Waals surface area contributed by atoms with E-state index in [0.29, 0.717) is 19.3 Å². The fraction of sp³-hybridized carbons (Fsp3) is 0.923. The summed E-state index contributed by atoms with van der Waals surface area (Å²) in [5.41, 5.74) is 0. The van der Waals surface area contributed by atoms with E-state index in [1.54, 1.807) is 0 Å². The Morgan fingerprint density at radius 1 is 1.50 bits per heavy atom. The van der Waals surface area contributed by atoms with Crippen LogP contribution in [-0.2, 0) is 9.53 Å². The minimum atomic E-state index is -0.0166. The fourth-order valence-electron chi connectivity index (χ4n) is 2.24. The maximum atomic E-state index is 12.2. The molecule has 1 saturated heterocycles. The van der Waals surface area contributed by atoms with E-state index >= 15 is 0 Å². The molecule has 0 radical (unpaired) electrons. The molecule has 0 saturated carbocycles. The van der Waals surface area contributed by atoms with E-state index in [-0.39, 0.29) is 18.6 Å². The van der Waals surface area contributed by atoms with Crippen molar-refractivity contribution < 1.29 is 14.6 Å². The van der Waals surface area contributed by atoms with E-state index in [0.717, 1.165) is 32.4 Å². The van der Waals surface area contributed by atoms with Crippen LogP contribution in [0.1, 0.15) is 33.1 Å². The lowest BCUT2D eigenvalue weighted by Crippen LogP contribution is -2.52. The van der Waals surface area contributed by atoms with Crippen molar-refractivity contribution in [2.45, 2.75) is 45.2 Å². The molecule has 0 aromatic carbocycles. The van der Waals surface area contributed by atoms with Gasteiger partial charge in [-0.2, -0.15) is 0 Å². The number of carbonyl (C=O) groups excluding carboxylic acids is 1. The van der Waals surface area contributed by atoms with Crippen molar-refractivity contribution >= 4 is 5.91 Å². The number of piperidine rings is 1. The summed E-state index contributed by atoms with van der Waals surface area (Å²) in [6, 6.07) is 0.323. The van der Waals surface area contributed by atoms with Gasteiger partial charge in [0, 0.05) is 25.7 Å². The third kappa shape index (κ3) is 5.33. The second kappa shape index (κ2) is 8.45. The van der Waals surface area contributed by atoms with Crippen molar-refractivity contribution in [1.82, 2.24) is 10.2 Å². The summed E-state index contributed by atoms with van der Waals surface area (Å²) in [6.45, 7) is 6.78. The highest BCUT2D eigenvalue weighted by Gasteiger charge is 2.28. The molecule has 1 aliphatic heterocycles. The topological polar surface area (TPSA) is 61.8 Å². The number of likely N-dealkylation sites (tertiary alicyclic amines) is 1. The average Bonchev–Trinajstić information content (AvgIpc) is 2.33. The predicted octanol–water partition coefficient (Wildman–Crippen LogP) is 0.374. The average molecular weight is 258 g/mol. The molecule has 5 nitrogen and oxygen atoms in total. The van der Waals surface area contributed by atoms with Crippen LogP contribution < -0.4 is 5.32 Å². The van der Waals surface area contributed by atoms with Gasteiger partial charge in [0.1, 0.15) is 0 Å². The van der Waals surface area contributed by atoms with E-state index in [9.17, 15) is 4.79 Å². The number of nitrogens with one attached hydrogen (secondary N) is 1. The molecule has 1 heterocycles. The van der Waals surface area contributed by atoms with E-state index in [2.05, 4.69) is 19.2 Å². The van der Waals surface area contributed by atoms with Crippen LogP contribution in [0.3, 0.4) is 0 Å². The Balaban J connectivity index is 2.25. The normalized spacial score (nSPS) is 20.8. The van der Waals surface area contributed by atoms with Crippen molar-refractivity contribution in [3.8, 4) is 0 Å². The Labute approximate surface area is 109 Å². The zero-order chi connectivity index (χ0) is 13.4. The highest BCUT2D eigenvalue weighted by atomic mass is 16.5. The smallest absolute Gasteiger partial charge is 0.239 e. The first kappa shape index (κ1) is 15.4. The first-order chi connectivity index (χ1) is 8.65. The Morgan fingerprint density at radius 3 is 2.94 bits per heavy atom. The van der Waals surface area contributed by atoms with Gasteiger partial charge in [-0.25, -0.2) is 0 Å². The maximum absolute atomic E-state index is 12.2. The Kier molecular flexibility index (Phi) is 7.23. The van der Waals surface area contributed by atoms with Crippen molar-refractivity contribution in [2.75, 3.05) is 32.9 Å². The molecule has 1 amide bonds. The van der Waals surface area contributed by atoms with Crippen molar-refractivity contribution in [2.24, 2.45) is 0 Å². The molecule has 18 heavy (non-hydrogen) atoms. The summed E-state index contributed by atoms with van der Waals surface area (Å²) in [5.74, 6) is 0.220. The number of nitrogens with zero attached hydrogens (tertiary/aromatic N) is 1. The summed E-state index contributed by atoms with van der Waals surface area (Å²) in [6.07, 6.45) is 2.84. The first-order valence-electron chi connectivity index (χ1n) is 6.88. The standard InChI is InChI=1S/C13H26N2O3/c1-11(2)14-12-5-3-6-15(13(12)17)7-4-9-18-10-8-16/h11-12,14,16H,3-10H2,1-2H3. The van der Waals surface area contributed by atoms with E-state index in [1.165, 1.54) is 0 Å². The molecule has 0 spiro atoms. The zero-order valence-corrected chi connectivity index (χ0v) is 11.5. The predicted molar refractivity (Wildman–Crippen MR) is 70.4 cm³/mol. The second-order valence-electron chi connectivity index (χ2n) is 5.03. The molecule has 2 N–H and O–H groups in total. The number of carbonyl (C=O) groups is 1. The fourth-order valence-corrected chi connectivity index (χ4v) is 2.24. The van der Waals surface area contributed by atoms with Gasteiger partial charge in [-0.1, -0.05) is 13.8 Å². The number of rotatable bonds is 8. The minimum Gasteiger partial charge on any atom is -0.394 e. The van der Waals surface area contributed by atoms with Gasteiger partial charge in [0.15, 0.2) is 0 Å². The number of hydrogen-bond donors (Lipinski definition) is 2. The molecule has 0 aliphatic carbocycles. The van der Waals surface area contributed by atoms with Gasteiger partial charge < -0.3 is 20.1 Å².